The van der Waals surface area contributed by atoms with Gasteiger partial charge in [0.15, 0.2) is 0 Å². The topological polar surface area (TPSA) is 69.7 Å². The Labute approximate surface area is 102 Å². The molecule has 1 fully saturated rings. The maximum Gasteiger partial charge on any atom is 0.523 e. The number of esters is 1. The molecule has 1 aliphatic carbocycles. The summed E-state index contributed by atoms with van der Waals surface area (Å²) in [5.41, 5.74) is -5.51. The van der Waals surface area contributed by atoms with Crippen LogP contribution in [0.3, 0.4) is 0 Å². The summed E-state index contributed by atoms with van der Waals surface area (Å²) in [4.78, 5) is 11.4. The van der Waals surface area contributed by atoms with Crippen LogP contribution in [0.1, 0.15) is 32.1 Å². The number of hydrogen-bond donors (Lipinski definition) is 0. The van der Waals surface area contributed by atoms with Crippen molar-refractivity contribution in [3.63, 3.8) is 0 Å². The summed E-state index contributed by atoms with van der Waals surface area (Å²) in [6.45, 7) is -1.24. The second-order valence-electron chi connectivity index (χ2n) is 3.93. The Morgan fingerprint density at radius 3 is 2.22 bits per heavy atom. The largest absolute Gasteiger partial charge is 0.523 e. The summed E-state index contributed by atoms with van der Waals surface area (Å²) < 4.78 is 64.5. The fraction of sp³-hybridized carbons (Fsp3) is 0.889. The van der Waals surface area contributed by atoms with Gasteiger partial charge in [0, 0.05) is 0 Å². The molecule has 106 valence electrons. The highest BCUT2D eigenvalue weighted by Gasteiger charge is 2.47. The highest BCUT2D eigenvalue weighted by molar-refractivity contribution is 7.87. The van der Waals surface area contributed by atoms with Crippen molar-refractivity contribution in [2.45, 2.75) is 37.6 Å². The molecule has 1 saturated carbocycles. The van der Waals surface area contributed by atoms with E-state index in [2.05, 4.69) is 8.92 Å². The van der Waals surface area contributed by atoms with Gasteiger partial charge in [-0.3, -0.25) is 4.79 Å². The van der Waals surface area contributed by atoms with E-state index < -0.39 is 28.4 Å². The first-order valence-electron chi connectivity index (χ1n) is 5.36. The van der Waals surface area contributed by atoms with Crippen molar-refractivity contribution in [1.29, 1.82) is 0 Å². The molecule has 0 radical (unpaired) electrons. The van der Waals surface area contributed by atoms with Crippen LogP contribution in [0.15, 0.2) is 0 Å². The summed E-state index contributed by atoms with van der Waals surface area (Å²) >= 11 is 0. The molecule has 0 aliphatic heterocycles. The Bertz CT molecular complexity index is 383. The molecule has 1 rings (SSSR count). The molecular formula is C9H13F3O5S. The minimum absolute atomic E-state index is 0.379. The monoisotopic (exact) mass is 290 g/mol. The van der Waals surface area contributed by atoms with Crippen LogP contribution in [-0.4, -0.2) is 26.7 Å². The van der Waals surface area contributed by atoms with Gasteiger partial charge in [0.25, 0.3) is 0 Å². The first-order chi connectivity index (χ1) is 8.24. The normalized spacial score (nSPS) is 18.6. The minimum atomic E-state index is -5.70. The van der Waals surface area contributed by atoms with Gasteiger partial charge in [0.1, 0.15) is 0 Å². The summed E-state index contributed by atoms with van der Waals surface area (Å²) in [6, 6.07) is 0. The molecule has 1 aliphatic rings. The second-order valence-corrected chi connectivity index (χ2v) is 5.54. The SMILES string of the molecule is O=C(OCOS(=O)(=O)C(F)(F)F)C1CCCCC1. The van der Waals surface area contributed by atoms with Crippen molar-refractivity contribution in [2.75, 3.05) is 6.79 Å². The first-order valence-corrected chi connectivity index (χ1v) is 6.77. The van der Waals surface area contributed by atoms with E-state index in [1.54, 1.807) is 0 Å². The maximum atomic E-state index is 11.9. The lowest BCUT2D eigenvalue weighted by Crippen LogP contribution is -2.28. The molecule has 0 heterocycles. The molecule has 0 N–H and O–H groups in total. The van der Waals surface area contributed by atoms with E-state index >= 15 is 0 Å². The Balaban J connectivity index is 2.35. The molecule has 0 aromatic heterocycles. The molecule has 0 saturated heterocycles. The minimum Gasteiger partial charge on any atom is -0.437 e. The highest BCUT2D eigenvalue weighted by Crippen LogP contribution is 2.26. The van der Waals surface area contributed by atoms with Gasteiger partial charge in [-0.15, -0.1) is 0 Å². The van der Waals surface area contributed by atoms with Crippen molar-refractivity contribution >= 4 is 16.1 Å². The number of halogens is 3. The van der Waals surface area contributed by atoms with Crippen LogP contribution < -0.4 is 0 Å². The lowest BCUT2D eigenvalue weighted by molar-refractivity contribution is -0.157. The van der Waals surface area contributed by atoms with Crippen LogP contribution in [0.5, 0.6) is 0 Å². The van der Waals surface area contributed by atoms with Gasteiger partial charge in [-0.05, 0) is 12.8 Å². The van der Waals surface area contributed by atoms with Crippen molar-refractivity contribution in [3.8, 4) is 0 Å². The maximum absolute atomic E-state index is 11.9. The zero-order chi connectivity index (χ0) is 13.8. The summed E-state index contributed by atoms with van der Waals surface area (Å²) in [7, 11) is -5.70. The molecule has 0 amide bonds. The van der Waals surface area contributed by atoms with Crippen LogP contribution >= 0.6 is 0 Å². The van der Waals surface area contributed by atoms with Crippen molar-refractivity contribution in [3.05, 3.63) is 0 Å². The second kappa shape index (κ2) is 5.87. The first kappa shape index (κ1) is 15.2. The Morgan fingerprint density at radius 1 is 1.17 bits per heavy atom. The number of ether oxygens (including phenoxy) is 1. The standard InChI is InChI=1S/C9H13F3O5S/c10-9(11,12)18(14,15)17-6-16-8(13)7-4-2-1-3-5-7/h7H,1-6H2. The zero-order valence-corrected chi connectivity index (χ0v) is 10.2. The highest BCUT2D eigenvalue weighted by atomic mass is 32.2. The quantitative estimate of drug-likeness (QED) is 0.342. The van der Waals surface area contributed by atoms with Crippen LogP contribution in [-0.2, 0) is 23.8 Å². The molecule has 0 unspecified atom stereocenters. The zero-order valence-electron chi connectivity index (χ0n) is 9.40. The number of alkyl halides is 3. The van der Waals surface area contributed by atoms with Crippen molar-refractivity contribution in [2.24, 2.45) is 5.92 Å². The third-order valence-corrected chi connectivity index (χ3v) is 3.60. The van der Waals surface area contributed by atoms with Gasteiger partial charge in [-0.25, -0.2) is 4.18 Å². The lowest BCUT2D eigenvalue weighted by atomic mass is 9.89. The van der Waals surface area contributed by atoms with E-state index in [0.717, 1.165) is 19.3 Å². The van der Waals surface area contributed by atoms with Gasteiger partial charge in [0.05, 0.1) is 5.92 Å². The fourth-order valence-electron chi connectivity index (χ4n) is 1.67. The summed E-state index contributed by atoms with van der Waals surface area (Å²) in [6.07, 6.45) is 3.90. The van der Waals surface area contributed by atoms with E-state index in [0.29, 0.717) is 12.8 Å². The van der Waals surface area contributed by atoms with Crippen molar-refractivity contribution < 1.29 is 35.3 Å². The lowest BCUT2D eigenvalue weighted by Gasteiger charge is -2.19. The molecule has 0 bridgehead atoms. The van der Waals surface area contributed by atoms with Gasteiger partial charge < -0.3 is 4.74 Å². The predicted molar refractivity (Wildman–Crippen MR) is 53.6 cm³/mol. The van der Waals surface area contributed by atoms with Gasteiger partial charge in [0.2, 0.25) is 6.79 Å². The number of carbonyl (C=O) groups excluding carboxylic acids is 1. The summed E-state index contributed by atoms with van der Waals surface area (Å²) in [5, 5.41) is 0. The van der Waals surface area contributed by atoms with Crippen molar-refractivity contribution in [1.82, 2.24) is 0 Å². The smallest absolute Gasteiger partial charge is 0.437 e. The third-order valence-electron chi connectivity index (χ3n) is 2.63. The van der Waals surface area contributed by atoms with Gasteiger partial charge in [-0.1, -0.05) is 19.3 Å². The molecule has 5 nitrogen and oxygen atoms in total. The molecule has 9 heteroatoms. The van der Waals surface area contributed by atoms with E-state index in [1.807, 2.05) is 0 Å². The van der Waals surface area contributed by atoms with E-state index in [-0.39, 0.29) is 5.92 Å². The van der Waals surface area contributed by atoms with Crippen LogP contribution in [0, 0.1) is 5.92 Å². The van der Waals surface area contributed by atoms with E-state index in [1.165, 1.54) is 0 Å². The molecule has 18 heavy (non-hydrogen) atoms. The third kappa shape index (κ3) is 4.13. The number of rotatable bonds is 4. The predicted octanol–water partition coefficient (Wildman–Crippen LogP) is 1.93. The summed E-state index contributed by atoms with van der Waals surface area (Å²) in [5.74, 6) is -1.09. The van der Waals surface area contributed by atoms with Gasteiger partial charge >= 0.3 is 21.6 Å². The van der Waals surface area contributed by atoms with Crippen LogP contribution in [0.2, 0.25) is 0 Å². The average molecular weight is 290 g/mol. The van der Waals surface area contributed by atoms with Crippen LogP contribution in [0.25, 0.3) is 0 Å². The molecule has 0 spiro atoms. The molecule has 0 atom stereocenters. The number of carbonyl (C=O) groups is 1. The van der Waals surface area contributed by atoms with Crippen LogP contribution in [0.4, 0.5) is 13.2 Å². The van der Waals surface area contributed by atoms with Gasteiger partial charge in [-0.2, -0.15) is 21.6 Å². The average Bonchev–Trinajstić information content (AvgIpc) is 2.28. The number of hydrogen-bond acceptors (Lipinski definition) is 5. The Hall–Kier alpha value is -0.830. The van der Waals surface area contributed by atoms with E-state index in [4.69, 9.17) is 0 Å². The molecule has 0 aromatic carbocycles. The molecular weight excluding hydrogens is 277 g/mol. The Morgan fingerprint density at radius 2 is 1.72 bits per heavy atom. The fourth-order valence-corrected chi connectivity index (χ4v) is 1.98. The van der Waals surface area contributed by atoms with E-state index in [9.17, 15) is 26.4 Å². The Kier molecular flexibility index (Phi) is 4.97. The molecule has 0 aromatic rings.